The Morgan fingerprint density at radius 1 is 1.24 bits per heavy atom. The SMILES string of the molecule is CCCCn1ccc2cc(C3CCCN4CCS(=O)(=O)N=C34)ccc21. The predicted molar refractivity (Wildman–Crippen MR) is 102 cm³/mol. The molecular formula is C19H25N3O2S. The van der Waals surface area contributed by atoms with Crippen LogP contribution in [0.25, 0.3) is 10.9 Å². The van der Waals surface area contributed by atoms with Crippen LogP contribution >= 0.6 is 0 Å². The number of rotatable bonds is 4. The first-order valence-electron chi connectivity index (χ1n) is 9.24. The summed E-state index contributed by atoms with van der Waals surface area (Å²) in [7, 11) is -3.30. The Labute approximate surface area is 149 Å². The van der Waals surface area contributed by atoms with Gasteiger partial charge in [-0.05, 0) is 48.4 Å². The van der Waals surface area contributed by atoms with Crippen LogP contribution in [-0.2, 0) is 16.6 Å². The number of piperidine rings is 1. The summed E-state index contributed by atoms with van der Waals surface area (Å²) < 4.78 is 30.4. The fraction of sp³-hybridized carbons (Fsp3) is 0.526. The van der Waals surface area contributed by atoms with Crippen molar-refractivity contribution < 1.29 is 8.42 Å². The van der Waals surface area contributed by atoms with Gasteiger partial charge in [-0.25, -0.2) is 8.42 Å². The summed E-state index contributed by atoms with van der Waals surface area (Å²) in [6, 6.07) is 8.71. The number of unbranched alkanes of at least 4 members (excludes halogenated alkanes) is 1. The standard InChI is InChI=1S/C19H25N3O2S/c1-2-3-9-21-11-8-16-14-15(6-7-18(16)21)17-5-4-10-22-12-13-25(23,24)20-19(17)22/h6-8,11,14,17H,2-5,9-10,12-13H2,1H3. The molecule has 0 saturated carbocycles. The van der Waals surface area contributed by atoms with E-state index in [0.29, 0.717) is 6.54 Å². The lowest BCUT2D eigenvalue weighted by atomic mass is 9.88. The van der Waals surface area contributed by atoms with Crippen molar-refractivity contribution in [3.05, 3.63) is 36.0 Å². The highest BCUT2D eigenvalue weighted by molar-refractivity contribution is 7.90. The number of fused-ring (bicyclic) bond motifs is 2. The van der Waals surface area contributed by atoms with Crippen molar-refractivity contribution in [2.24, 2.45) is 4.40 Å². The number of nitrogens with zero attached hydrogens (tertiary/aromatic N) is 3. The third kappa shape index (κ3) is 3.19. The molecule has 3 heterocycles. The minimum Gasteiger partial charge on any atom is -0.358 e. The van der Waals surface area contributed by atoms with Crippen LogP contribution in [0.1, 0.15) is 44.1 Å². The number of sulfonamides is 1. The van der Waals surface area contributed by atoms with Crippen LogP contribution in [0.15, 0.2) is 34.9 Å². The lowest BCUT2D eigenvalue weighted by Crippen LogP contribution is -2.46. The van der Waals surface area contributed by atoms with Crippen LogP contribution < -0.4 is 0 Å². The second-order valence-electron chi connectivity index (χ2n) is 7.10. The average molecular weight is 359 g/mol. The molecule has 0 bridgehead atoms. The van der Waals surface area contributed by atoms with Gasteiger partial charge in [0.05, 0.1) is 5.75 Å². The summed E-state index contributed by atoms with van der Waals surface area (Å²) in [5.74, 6) is 0.984. The topological polar surface area (TPSA) is 54.7 Å². The fourth-order valence-corrected chi connectivity index (χ4v) is 5.06. The van der Waals surface area contributed by atoms with Gasteiger partial charge in [0, 0.05) is 37.3 Å². The second kappa shape index (κ2) is 6.48. The summed E-state index contributed by atoms with van der Waals surface area (Å²) in [5, 5.41) is 1.23. The summed E-state index contributed by atoms with van der Waals surface area (Å²) in [4.78, 5) is 2.16. The molecule has 1 aromatic heterocycles. The number of benzene rings is 1. The number of aryl methyl sites for hydroxylation is 1. The molecule has 1 unspecified atom stereocenters. The van der Waals surface area contributed by atoms with Gasteiger partial charge >= 0.3 is 0 Å². The van der Waals surface area contributed by atoms with Gasteiger partial charge in [-0.2, -0.15) is 0 Å². The molecular weight excluding hydrogens is 334 g/mol. The fourth-order valence-electron chi connectivity index (χ4n) is 3.99. The Morgan fingerprint density at radius 2 is 2.12 bits per heavy atom. The molecule has 1 atom stereocenters. The van der Waals surface area contributed by atoms with Gasteiger partial charge in [0.25, 0.3) is 10.0 Å². The maximum Gasteiger partial charge on any atom is 0.256 e. The molecule has 2 aromatic rings. The van der Waals surface area contributed by atoms with Gasteiger partial charge in [-0.1, -0.05) is 19.4 Å². The molecule has 25 heavy (non-hydrogen) atoms. The quantitative estimate of drug-likeness (QED) is 0.841. The molecule has 0 aliphatic carbocycles. The molecule has 6 heteroatoms. The van der Waals surface area contributed by atoms with Crippen LogP contribution in [0, 0.1) is 0 Å². The third-order valence-corrected chi connectivity index (χ3v) is 6.52. The van der Waals surface area contributed by atoms with Gasteiger partial charge in [0.2, 0.25) is 0 Å². The van der Waals surface area contributed by atoms with Crippen molar-refractivity contribution in [1.82, 2.24) is 9.47 Å². The molecule has 134 valence electrons. The number of hydrogen-bond donors (Lipinski definition) is 0. The monoisotopic (exact) mass is 359 g/mol. The van der Waals surface area contributed by atoms with E-state index >= 15 is 0 Å². The second-order valence-corrected chi connectivity index (χ2v) is 8.85. The Kier molecular flexibility index (Phi) is 4.31. The molecule has 1 aromatic carbocycles. The maximum absolute atomic E-state index is 12.0. The summed E-state index contributed by atoms with van der Waals surface area (Å²) >= 11 is 0. The van der Waals surface area contributed by atoms with Gasteiger partial charge in [0.1, 0.15) is 5.84 Å². The van der Waals surface area contributed by atoms with E-state index in [0.717, 1.165) is 31.8 Å². The normalized spacial score (nSPS) is 22.7. The van der Waals surface area contributed by atoms with E-state index in [4.69, 9.17) is 0 Å². The molecule has 1 saturated heterocycles. The van der Waals surface area contributed by atoms with E-state index in [2.05, 4.69) is 51.3 Å². The lowest BCUT2D eigenvalue weighted by Gasteiger charge is -2.37. The molecule has 5 nitrogen and oxygen atoms in total. The van der Waals surface area contributed by atoms with Crippen molar-refractivity contribution >= 4 is 26.8 Å². The first-order chi connectivity index (χ1) is 12.1. The first-order valence-corrected chi connectivity index (χ1v) is 10.8. The molecule has 0 amide bonds. The van der Waals surface area contributed by atoms with Gasteiger partial charge in [-0.15, -0.1) is 4.40 Å². The molecule has 4 rings (SSSR count). The van der Waals surface area contributed by atoms with E-state index in [1.165, 1.54) is 29.3 Å². The summed E-state index contributed by atoms with van der Waals surface area (Å²) in [6.07, 6.45) is 6.56. The van der Waals surface area contributed by atoms with Crippen molar-refractivity contribution in [2.75, 3.05) is 18.8 Å². The molecule has 2 aliphatic rings. The highest BCUT2D eigenvalue weighted by atomic mass is 32.2. The largest absolute Gasteiger partial charge is 0.358 e. The zero-order valence-electron chi connectivity index (χ0n) is 14.7. The summed E-state index contributed by atoms with van der Waals surface area (Å²) in [6.45, 7) is 4.74. The Morgan fingerprint density at radius 3 is 2.96 bits per heavy atom. The molecule has 0 spiro atoms. The molecule has 1 fully saturated rings. The van der Waals surface area contributed by atoms with Crippen LogP contribution in [0.2, 0.25) is 0 Å². The number of aromatic nitrogens is 1. The Bertz CT molecular complexity index is 914. The van der Waals surface area contributed by atoms with Crippen molar-refractivity contribution in [1.29, 1.82) is 0 Å². The predicted octanol–water partition coefficient (Wildman–Crippen LogP) is 3.36. The highest BCUT2D eigenvalue weighted by Gasteiger charge is 2.33. The molecule has 0 N–H and O–H groups in total. The smallest absolute Gasteiger partial charge is 0.256 e. The van der Waals surface area contributed by atoms with Crippen molar-refractivity contribution in [2.45, 2.75) is 45.1 Å². The number of amidine groups is 1. The lowest BCUT2D eigenvalue weighted by molar-refractivity contribution is 0.366. The van der Waals surface area contributed by atoms with Gasteiger partial charge in [0.15, 0.2) is 0 Å². The highest BCUT2D eigenvalue weighted by Crippen LogP contribution is 2.33. The van der Waals surface area contributed by atoms with E-state index in [1.807, 2.05) is 0 Å². The van der Waals surface area contributed by atoms with Crippen LogP contribution in [-0.4, -0.2) is 42.6 Å². The van der Waals surface area contributed by atoms with E-state index in [-0.39, 0.29) is 11.7 Å². The van der Waals surface area contributed by atoms with E-state index in [1.54, 1.807) is 0 Å². The van der Waals surface area contributed by atoms with Crippen LogP contribution in [0.4, 0.5) is 0 Å². The van der Waals surface area contributed by atoms with Crippen molar-refractivity contribution in [3.63, 3.8) is 0 Å². The minimum absolute atomic E-state index is 0.0900. The third-order valence-electron chi connectivity index (χ3n) is 5.36. The van der Waals surface area contributed by atoms with Gasteiger partial charge < -0.3 is 9.47 Å². The van der Waals surface area contributed by atoms with Crippen molar-refractivity contribution in [3.8, 4) is 0 Å². The maximum atomic E-state index is 12.0. The minimum atomic E-state index is -3.30. The van der Waals surface area contributed by atoms with Gasteiger partial charge in [-0.3, -0.25) is 0 Å². The molecule has 2 aliphatic heterocycles. The number of hydrogen-bond acceptors (Lipinski definition) is 3. The van der Waals surface area contributed by atoms with E-state index in [9.17, 15) is 8.42 Å². The summed E-state index contributed by atoms with van der Waals surface area (Å²) in [5.41, 5.74) is 2.43. The zero-order chi connectivity index (χ0) is 17.4. The van der Waals surface area contributed by atoms with Crippen LogP contribution in [0.3, 0.4) is 0 Å². The Hall–Kier alpha value is -1.82. The zero-order valence-corrected chi connectivity index (χ0v) is 15.5. The first kappa shape index (κ1) is 16.6. The van der Waals surface area contributed by atoms with E-state index < -0.39 is 10.0 Å². The average Bonchev–Trinajstić information content (AvgIpc) is 3.01. The Balaban J connectivity index is 1.70. The molecule has 0 radical (unpaired) electrons. The van der Waals surface area contributed by atoms with Crippen LogP contribution in [0.5, 0.6) is 0 Å².